The van der Waals surface area contributed by atoms with Crippen LogP contribution >= 0.6 is 0 Å². The van der Waals surface area contributed by atoms with Crippen LogP contribution in [0.5, 0.6) is 0 Å². The Morgan fingerprint density at radius 1 is 0.680 bits per heavy atom. The Kier molecular flexibility index (Phi) is 7.13. The molecule has 4 unspecified atom stereocenters. The third-order valence-corrected chi connectivity index (χ3v) is 7.48. The summed E-state index contributed by atoms with van der Waals surface area (Å²) in [6.45, 7) is 2.28. The van der Waals surface area contributed by atoms with E-state index < -0.39 is 0 Å². The average molecular weight is 347 g/mol. The monoisotopic (exact) mass is 346 g/mol. The molecule has 0 heterocycles. The molecule has 3 saturated carbocycles. The molecule has 0 bridgehead atoms. The van der Waals surface area contributed by atoms with Crippen molar-refractivity contribution < 1.29 is 9.59 Å². The zero-order valence-electron chi connectivity index (χ0n) is 16.3. The Hall–Kier alpha value is -0.660. The van der Waals surface area contributed by atoms with Gasteiger partial charge < -0.3 is 0 Å². The smallest absolute Gasteiger partial charge is 0.135 e. The lowest BCUT2D eigenvalue weighted by molar-refractivity contribution is -0.126. The maximum atomic E-state index is 12.6. The first-order valence-corrected chi connectivity index (χ1v) is 11.2. The van der Waals surface area contributed by atoms with E-state index in [1.54, 1.807) is 0 Å². The highest BCUT2D eigenvalue weighted by molar-refractivity contribution is 5.82. The first kappa shape index (κ1) is 19.1. The number of ketones is 2. The summed E-state index contributed by atoms with van der Waals surface area (Å²) < 4.78 is 0. The Labute approximate surface area is 154 Å². The first-order valence-electron chi connectivity index (χ1n) is 11.2. The largest absolute Gasteiger partial charge is 0.299 e. The summed E-state index contributed by atoms with van der Waals surface area (Å²) in [6, 6.07) is 0. The van der Waals surface area contributed by atoms with Crippen molar-refractivity contribution in [3.05, 3.63) is 0 Å². The molecule has 0 radical (unpaired) electrons. The van der Waals surface area contributed by atoms with Crippen LogP contribution < -0.4 is 0 Å². The molecule has 3 aliphatic rings. The number of unbranched alkanes of at least 4 members (excludes halogenated alkanes) is 1. The molecule has 25 heavy (non-hydrogen) atoms. The number of carbonyl (C=O) groups excluding carboxylic acids is 2. The van der Waals surface area contributed by atoms with E-state index in [2.05, 4.69) is 6.92 Å². The van der Waals surface area contributed by atoms with Gasteiger partial charge in [0.05, 0.1) is 0 Å². The van der Waals surface area contributed by atoms with E-state index in [1.807, 2.05) is 0 Å². The second-order valence-corrected chi connectivity index (χ2v) is 9.42. The van der Waals surface area contributed by atoms with Gasteiger partial charge in [0.1, 0.15) is 11.6 Å². The van der Waals surface area contributed by atoms with Gasteiger partial charge in [-0.2, -0.15) is 0 Å². The molecule has 142 valence electrons. The lowest BCUT2D eigenvalue weighted by Crippen LogP contribution is -2.31. The maximum Gasteiger partial charge on any atom is 0.135 e. The molecule has 0 amide bonds. The average Bonchev–Trinajstić information content (AvgIpc) is 2.64. The fraction of sp³-hybridized carbons (Fsp3) is 0.913. The van der Waals surface area contributed by atoms with Gasteiger partial charge in [0.25, 0.3) is 0 Å². The van der Waals surface area contributed by atoms with Gasteiger partial charge in [-0.3, -0.25) is 9.59 Å². The maximum absolute atomic E-state index is 12.6. The summed E-state index contributed by atoms with van der Waals surface area (Å²) in [7, 11) is 0. The van der Waals surface area contributed by atoms with Crippen molar-refractivity contribution in [2.45, 2.75) is 103 Å². The summed E-state index contributed by atoms with van der Waals surface area (Å²) in [6.07, 6.45) is 17.2. The Bertz CT molecular complexity index is 455. The Morgan fingerprint density at radius 3 is 2.00 bits per heavy atom. The zero-order valence-corrected chi connectivity index (χ0v) is 16.3. The predicted molar refractivity (Wildman–Crippen MR) is 102 cm³/mol. The van der Waals surface area contributed by atoms with Gasteiger partial charge in [-0.25, -0.2) is 0 Å². The molecule has 0 saturated heterocycles. The lowest BCUT2D eigenvalue weighted by atomic mass is 9.66. The minimum absolute atomic E-state index is 0.320. The number of Topliss-reactive ketones (excluding diaryl/α,β-unsaturated/α-hetero) is 2. The van der Waals surface area contributed by atoms with Crippen LogP contribution in [0, 0.1) is 29.6 Å². The van der Waals surface area contributed by atoms with Crippen LogP contribution in [0.1, 0.15) is 103 Å². The molecule has 2 heteroatoms. The van der Waals surface area contributed by atoms with Crippen molar-refractivity contribution in [2.24, 2.45) is 29.6 Å². The van der Waals surface area contributed by atoms with Crippen molar-refractivity contribution in [2.75, 3.05) is 0 Å². The Balaban J connectivity index is 1.32. The molecular formula is C23H38O2. The van der Waals surface area contributed by atoms with Crippen LogP contribution in [0.3, 0.4) is 0 Å². The van der Waals surface area contributed by atoms with E-state index in [4.69, 9.17) is 0 Å². The van der Waals surface area contributed by atoms with Crippen molar-refractivity contribution in [1.82, 2.24) is 0 Å². The van der Waals surface area contributed by atoms with Gasteiger partial charge in [0.15, 0.2) is 0 Å². The first-order chi connectivity index (χ1) is 12.1. The van der Waals surface area contributed by atoms with E-state index >= 15 is 0 Å². The van der Waals surface area contributed by atoms with Crippen LogP contribution in [0.15, 0.2) is 0 Å². The van der Waals surface area contributed by atoms with Crippen LogP contribution in [-0.2, 0) is 9.59 Å². The second-order valence-electron chi connectivity index (χ2n) is 9.42. The van der Waals surface area contributed by atoms with Gasteiger partial charge in [0, 0.05) is 24.7 Å². The van der Waals surface area contributed by atoms with Crippen molar-refractivity contribution in [3.63, 3.8) is 0 Å². The van der Waals surface area contributed by atoms with Gasteiger partial charge in [-0.15, -0.1) is 0 Å². The number of hydrogen-bond acceptors (Lipinski definition) is 2. The fourth-order valence-electron chi connectivity index (χ4n) is 5.90. The summed E-state index contributed by atoms with van der Waals surface area (Å²) in [5.74, 6) is 4.12. The summed E-state index contributed by atoms with van der Waals surface area (Å²) >= 11 is 0. The van der Waals surface area contributed by atoms with E-state index in [-0.39, 0.29) is 0 Å². The van der Waals surface area contributed by atoms with E-state index in [1.165, 1.54) is 51.4 Å². The number of hydrogen-bond donors (Lipinski definition) is 0. The van der Waals surface area contributed by atoms with Gasteiger partial charge in [-0.1, -0.05) is 45.4 Å². The van der Waals surface area contributed by atoms with E-state index in [9.17, 15) is 9.59 Å². The molecule has 3 aliphatic carbocycles. The highest BCUT2D eigenvalue weighted by atomic mass is 16.1. The highest BCUT2D eigenvalue weighted by Gasteiger charge is 2.34. The summed E-state index contributed by atoms with van der Waals surface area (Å²) in [5.41, 5.74) is 0. The fourth-order valence-corrected chi connectivity index (χ4v) is 5.90. The number of fused-ring (bicyclic) bond motifs is 1. The molecule has 0 aromatic rings. The standard InChI is InChI=1S/C23H38O2/c1-17-7-6-10-20(15-17)22(24)11-4-5-12-23(25)21-14-13-18-8-2-3-9-19(18)16-21/h17-21H,2-16H2,1H3/t17?,18?,19?,20-,21?/m1/s1. The molecule has 0 aromatic heterocycles. The van der Waals surface area contributed by atoms with Gasteiger partial charge >= 0.3 is 0 Å². The van der Waals surface area contributed by atoms with Crippen LogP contribution in [-0.4, -0.2) is 11.6 Å². The SMILES string of the molecule is CC1CCC[C@@H](C(=O)CCCCC(=O)C2CCC3CCCCC3C2)C1. The molecule has 0 N–H and O–H groups in total. The van der Waals surface area contributed by atoms with Crippen LogP contribution in [0.2, 0.25) is 0 Å². The minimum atomic E-state index is 0.320. The molecule has 0 aliphatic heterocycles. The molecular weight excluding hydrogens is 308 g/mol. The molecule has 5 atom stereocenters. The summed E-state index contributed by atoms with van der Waals surface area (Å²) in [4.78, 5) is 24.9. The number of rotatable bonds is 7. The topological polar surface area (TPSA) is 34.1 Å². The quantitative estimate of drug-likeness (QED) is 0.521. The van der Waals surface area contributed by atoms with E-state index in [0.29, 0.717) is 29.8 Å². The zero-order chi connectivity index (χ0) is 17.6. The molecule has 0 spiro atoms. The molecule has 0 aromatic carbocycles. The number of carbonyl (C=O) groups is 2. The molecule has 2 nitrogen and oxygen atoms in total. The normalized spacial score (nSPS) is 35.8. The van der Waals surface area contributed by atoms with Crippen molar-refractivity contribution in [1.29, 1.82) is 0 Å². The third kappa shape index (κ3) is 5.41. The van der Waals surface area contributed by atoms with Crippen LogP contribution in [0.25, 0.3) is 0 Å². The molecule has 3 fully saturated rings. The van der Waals surface area contributed by atoms with Crippen molar-refractivity contribution >= 4 is 11.6 Å². The lowest BCUT2D eigenvalue weighted by Gasteiger charge is -2.38. The van der Waals surface area contributed by atoms with Crippen molar-refractivity contribution in [3.8, 4) is 0 Å². The van der Waals surface area contributed by atoms with Gasteiger partial charge in [0.2, 0.25) is 0 Å². The van der Waals surface area contributed by atoms with Crippen LogP contribution in [0.4, 0.5) is 0 Å². The van der Waals surface area contributed by atoms with E-state index in [0.717, 1.165) is 56.3 Å². The second kappa shape index (κ2) is 9.33. The van der Waals surface area contributed by atoms with Gasteiger partial charge in [-0.05, 0) is 62.7 Å². The minimum Gasteiger partial charge on any atom is -0.299 e. The Morgan fingerprint density at radius 2 is 1.32 bits per heavy atom. The highest BCUT2D eigenvalue weighted by Crippen LogP contribution is 2.43. The third-order valence-electron chi connectivity index (χ3n) is 7.48. The predicted octanol–water partition coefficient (Wildman–Crippen LogP) is 6.12. The summed E-state index contributed by atoms with van der Waals surface area (Å²) in [5, 5.41) is 0. The molecule has 3 rings (SSSR count).